The van der Waals surface area contributed by atoms with Gasteiger partial charge in [0.25, 0.3) is 0 Å². The first-order chi connectivity index (χ1) is 8.24. The van der Waals surface area contributed by atoms with Crippen LogP contribution in [-0.2, 0) is 0 Å². The lowest BCUT2D eigenvalue weighted by Gasteiger charge is -2.23. The van der Waals surface area contributed by atoms with Crippen LogP contribution in [0.3, 0.4) is 0 Å². The summed E-state index contributed by atoms with van der Waals surface area (Å²) in [4.78, 5) is 2.61. The highest BCUT2D eigenvalue weighted by Gasteiger charge is 2.37. The van der Waals surface area contributed by atoms with Gasteiger partial charge in [0.05, 0.1) is 5.69 Å². The molecule has 1 aromatic carbocycles. The normalized spacial score (nSPS) is 28.4. The monoisotopic (exact) mass is 314 g/mol. The SMILES string of the molecule is Clc1ccc(Br)c(NC2CCN3CCCC23)c1. The van der Waals surface area contributed by atoms with Crippen molar-refractivity contribution in [2.45, 2.75) is 31.3 Å². The van der Waals surface area contributed by atoms with Gasteiger partial charge in [0.15, 0.2) is 0 Å². The number of hydrogen-bond acceptors (Lipinski definition) is 2. The molecule has 3 rings (SSSR count). The first-order valence-corrected chi connectivity index (χ1v) is 7.37. The molecule has 2 nitrogen and oxygen atoms in total. The highest BCUT2D eigenvalue weighted by atomic mass is 79.9. The van der Waals surface area contributed by atoms with E-state index in [1.807, 2.05) is 18.2 Å². The van der Waals surface area contributed by atoms with E-state index in [1.54, 1.807) is 0 Å². The Bertz CT molecular complexity index is 424. The van der Waals surface area contributed by atoms with Gasteiger partial charge in [-0.15, -0.1) is 0 Å². The van der Waals surface area contributed by atoms with Crippen LogP contribution in [0.15, 0.2) is 22.7 Å². The van der Waals surface area contributed by atoms with Crippen LogP contribution < -0.4 is 5.32 Å². The third kappa shape index (κ3) is 2.33. The molecular formula is C13H16BrClN2. The Kier molecular flexibility index (Phi) is 3.33. The van der Waals surface area contributed by atoms with Crippen molar-refractivity contribution in [3.8, 4) is 0 Å². The first-order valence-electron chi connectivity index (χ1n) is 6.20. The number of halogens is 2. The van der Waals surface area contributed by atoms with Crippen LogP contribution in [0.4, 0.5) is 5.69 Å². The average Bonchev–Trinajstić information content (AvgIpc) is 2.88. The zero-order chi connectivity index (χ0) is 11.8. The van der Waals surface area contributed by atoms with Gasteiger partial charge in [0, 0.05) is 28.1 Å². The van der Waals surface area contributed by atoms with Gasteiger partial charge < -0.3 is 5.32 Å². The van der Waals surface area contributed by atoms with Crippen molar-refractivity contribution < 1.29 is 0 Å². The van der Waals surface area contributed by atoms with Crippen molar-refractivity contribution in [1.82, 2.24) is 4.90 Å². The van der Waals surface area contributed by atoms with Gasteiger partial charge in [0.2, 0.25) is 0 Å². The average molecular weight is 316 g/mol. The molecule has 2 fully saturated rings. The smallest absolute Gasteiger partial charge is 0.0502 e. The third-order valence-electron chi connectivity index (χ3n) is 3.88. The second-order valence-electron chi connectivity index (χ2n) is 4.91. The maximum atomic E-state index is 6.04. The molecule has 1 N–H and O–H groups in total. The van der Waals surface area contributed by atoms with E-state index >= 15 is 0 Å². The fourth-order valence-corrected chi connectivity index (χ4v) is 3.59. The molecule has 2 heterocycles. The van der Waals surface area contributed by atoms with Crippen molar-refractivity contribution in [1.29, 1.82) is 0 Å². The zero-order valence-corrected chi connectivity index (χ0v) is 12.0. The molecule has 0 aromatic heterocycles. The van der Waals surface area contributed by atoms with Crippen molar-refractivity contribution >= 4 is 33.2 Å². The lowest BCUT2D eigenvalue weighted by atomic mass is 10.1. The number of nitrogens with zero attached hydrogens (tertiary/aromatic N) is 1. The van der Waals surface area contributed by atoms with Gasteiger partial charge >= 0.3 is 0 Å². The minimum absolute atomic E-state index is 0.576. The Balaban J connectivity index is 1.76. The van der Waals surface area contributed by atoms with E-state index in [-0.39, 0.29) is 0 Å². The molecule has 2 atom stereocenters. The molecule has 1 aromatic rings. The van der Waals surface area contributed by atoms with Crippen LogP contribution in [0.25, 0.3) is 0 Å². The Hall–Kier alpha value is -0.250. The van der Waals surface area contributed by atoms with E-state index < -0.39 is 0 Å². The number of nitrogens with one attached hydrogen (secondary N) is 1. The molecule has 0 radical (unpaired) electrons. The molecule has 17 heavy (non-hydrogen) atoms. The fourth-order valence-electron chi connectivity index (χ4n) is 3.06. The van der Waals surface area contributed by atoms with Crippen LogP contribution in [0, 0.1) is 0 Å². The van der Waals surface area contributed by atoms with Crippen LogP contribution >= 0.6 is 27.5 Å². The van der Waals surface area contributed by atoms with Gasteiger partial charge in [-0.2, -0.15) is 0 Å². The summed E-state index contributed by atoms with van der Waals surface area (Å²) in [6.45, 7) is 2.51. The highest BCUT2D eigenvalue weighted by molar-refractivity contribution is 9.10. The molecule has 92 valence electrons. The Morgan fingerprint density at radius 3 is 3.06 bits per heavy atom. The zero-order valence-electron chi connectivity index (χ0n) is 9.63. The topological polar surface area (TPSA) is 15.3 Å². The summed E-state index contributed by atoms with van der Waals surface area (Å²) in [5, 5.41) is 4.44. The number of hydrogen-bond donors (Lipinski definition) is 1. The molecular weight excluding hydrogens is 300 g/mol. The minimum Gasteiger partial charge on any atom is -0.380 e. The summed E-state index contributed by atoms with van der Waals surface area (Å²) < 4.78 is 1.10. The molecule has 0 amide bonds. The number of anilines is 1. The lowest BCUT2D eigenvalue weighted by molar-refractivity contribution is 0.318. The molecule has 0 saturated carbocycles. The predicted molar refractivity (Wildman–Crippen MR) is 75.8 cm³/mol. The highest BCUT2D eigenvalue weighted by Crippen LogP contribution is 2.33. The largest absolute Gasteiger partial charge is 0.380 e. The predicted octanol–water partition coefficient (Wildman–Crippen LogP) is 3.75. The maximum Gasteiger partial charge on any atom is 0.0502 e. The minimum atomic E-state index is 0.576. The second-order valence-corrected chi connectivity index (χ2v) is 6.20. The van der Waals surface area contributed by atoms with Crippen molar-refractivity contribution in [3.05, 3.63) is 27.7 Å². The lowest BCUT2D eigenvalue weighted by Crippen LogP contribution is -2.33. The van der Waals surface area contributed by atoms with Crippen molar-refractivity contribution in [2.75, 3.05) is 18.4 Å². The number of rotatable bonds is 2. The standard InChI is InChI=1S/C13H16BrClN2/c14-10-4-3-9(15)8-12(10)16-11-5-7-17-6-1-2-13(11)17/h3-4,8,11,13,16H,1-2,5-7H2. The summed E-state index contributed by atoms with van der Waals surface area (Å²) in [6, 6.07) is 7.22. The van der Waals surface area contributed by atoms with Gasteiger partial charge in [-0.05, 0) is 59.9 Å². The summed E-state index contributed by atoms with van der Waals surface area (Å²) in [6.07, 6.45) is 3.92. The number of benzene rings is 1. The van der Waals surface area contributed by atoms with Crippen LogP contribution in [0.5, 0.6) is 0 Å². The Morgan fingerprint density at radius 2 is 2.18 bits per heavy atom. The summed E-state index contributed by atoms with van der Waals surface area (Å²) in [5.41, 5.74) is 1.12. The van der Waals surface area contributed by atoms with Crippen LogP contribution in [-0.4, -0.2) is 30.1 Å². The van der Waals surface area contributed by atoms with E-state index in [9.17, 15) is 0 Å². The van der Waals surface area contributed by atoms with Crippen LogP contribution in [0.2, 0.25) is 5.02 Å². The fraction of sp³-hybridized carbons (Fsp3) is 0.538. The van der Waals surface area contributed by atoms with Crippen LogP contribution in [0.1, 0.15) is 19.3 Å². The maximum absolute atomic E-state index is 6.04. The van der Waals surface area contributed by atoms with E-state index in [0.29, 0.717) is 6.04 Å². The van der Waals surface area contributed by atoms with Crippen molar-refractivity contribution in [2.24, 2.45) is 0 Å². The molecule has 0 aliphatic carbocycles. The summed E-state index contributed by atoms with van der Waals surface area (Å²) in [7, 11) is 0. The molecule has 2 aliphatic rings. The second kappa shape index (κ2) is 4.79. The quantitative estimate of drug-likeness (QED) is 0.894. The summed E-state index contributed by atoms with van der Waals surface area (Å²) >= 11 is 9.62. The molecule has 0 spiro atoms. The van der Waals surface area contributed by atoms with E-state index in [2.05, 4.69) is 26.1 Å². The van der Waals surface area contributed by atoms with E-state index in [1.165, 1.54) is 32.4 Å². The summed E-state index contributed by atoms with van der Waals surface area (Å²) in [5.74, 6) is 0. The van der Waals surface area contributed by atoms with E-state index in [0.717, 1.165) is 21.2 Å². The molecule has 0 bridgehead atoms. The molecule has 2 unspecified atom stereocenters. The van der Waals surface area contributed by atoms with Crippen molar-refractivity contribution in [3.63, 3.8) is 0 Å². The van der Waals surface area contributed by atoms with Gasteiger partial charge in [0.1, 0.15) is 0 Å². The van der Waals surface area contributed by atoms with E-state index in [4.69, 9.17) is 11.6 Å². The van der Waals surface area contributed by atoms with Gasteiger partial charge in [-0.1, -0.05) is 11.6 Å². The van der Waals surface area contributed by atoms with Gasteiger partial charge in [-0.3, -0.25) is 4.90 Å². The first kappa shape index (κ1) is 11.8. The molecule has 2 saturated heterocycles. The third-order valence-corrected chi connectivity index (χ3v) is 4.80. The Labute approximate surface area is 115 Å². The Morgan fingerprint density at radius 1 is 1.29 bits per heavy atom. The molecule has 4 heteroatoms. The molecule has 2 aliphatic heterocycles. The number of fused-ring (bicyclic) bond motifs is 1. The van der Waals surface area contributed by atoms with Gasteiger partial charge in [-0.25, -0.2) is 0 Å².